The zero-order valence-corrected chi connectivity index (χ0v) is 10.2. The van der Waals surface area contributed by atoms with Gasteiger partial charge in [0.2, 0.25) is 0 Å². The summed E-state index contributed by atoms with van der Waals surface area (Å²) >= 11 is 0. The maximum absolute atomic E-state index is 10.5. The Morgan fingerprint density at radius 3 is 2.19 bits per heavy atom. The third kappa shape index (κ3) is 2.37. The second-order valence-corrected chi connectivity index (χ2v) is 4.02. The van der Waals surface area contributed by atoms with Gasteiger partial charge in [-0.3, -0.25) is 0 Å². The summed E-state index contributed by atoms with van der Waals surface area (Å²) in [7, 11) is 1.62. The summed E-state index contributed by atoms with van der Waals surface area (Å²) in [6.07, 6.45) is 0. The predicted octanol–water partition coefficient (Wildman–Crippen LogP) is 2.56. The number of rotatable bonds is 3. The number of methoxy groups -OCH3 is 1. The van der Waals surface area contributed by atoms with Crippen molar-refractivity contribution < 1.29 is 9.84 Å². The summed E-state index contributed by atoms with van der Waals surface area (Å²) in [5.41, 5.74) is -0.279. The van der Waals surface area contributed by atoms with Crippen LogP contribution in [-0.4, -0.2) is 12.2 Å². The second-order valence-electron chi connectivity index (χ2n) is 4.02. The molecule has 86 valence electrons. The lowest BCUT2D eigenvalue weighted by Gasteiger charge is -2.27. The first-order chi connectivity index (χ1) is 7.54. The minimum absolute atomic E-state index is 0.0355. The van der Waals surface area contributed by atoms with Crippen molar-refractivity contribution in [3.63, 3.8) is 0 Å². The van der Waals surface area contributed by atoms with Gasteiger partial charge < -0.3 is 9.84 Å². The van der Waals surface area contributed by atoms with Crippen LogP contribution in [0.1, 0.15) is 26.3 Å². The van der Waals surface area contributed by atoms with Gasteiger partial charge in [0.1, 0.15) is 5.75 Å². The molecule has 0 saturated carbocycles. The van der Waals surface area contributed by atoms with Crippen LogP contribution >= 0.6 is 0 Å². The largest absolute Gasteiger partial charge is 0.497 e. The van der Waals surface area contributed by atoms with Crippen molar-refractivity contribution in [3.8, 4) is 17.6 Å². The van der Waals surface area contributed by atoms with E-state index in [-0.39, 0.29) is 5.92 Å². The van der Waals surface area contributed by atoms with Crippen LogP contribution in [-0.2, 0) is 5.60 Å². The summed E-state index contributed by atoms with van der Waals surface area (Å²) in [5.74, 6) is 6.48. The molecule has 1 aromatic carbocycles. The molecule has 0 aliphatic rings. The average molecular weight is 218 g/mol. The zero-order valence-electron chi connectivity index (χ0n) is 10.2. The lowest BCUT2D eigenvalue weighted by Crippen LogP contribution is -2.30. The van der Waals surface area contributed by atoms with Crippen LogP contribution in [0.3, 0.4) is 0 Å². The molecule has 0 spiro atoms. The summed E-state index contributed by atoms with van der Waals surface area (Å²) < 4.78 is 5.08. The predicted molar refractivity (Wildman–Crippen MR) is 65.2 cm³/mol. The van der Waals surface area contributed by atoms with Gasteiger partial charge in [-0.05, 0) is 30.5 Å². The fourth-order valence-electron chi connectivity index (χ4n) is 1.59. The van der Waals surface area contributed by atoms with Gasteiger partial charge in [0.15, 0.2) is 5.60 Å². The number of hydrogen-bond acceptors (Lipinski definition) is 2. The molecule has 0 aliphatic carbocycles. The van der Waals surface area contributed by atoms with E-state index < -0.39 is 5.60 Å². The second kappa shape index (κ2) is 5.05. The molecule has 1 rings (SSSR count). The fourth-order valence-corrected chi connectivity index (χ4v) is 1.59. The molecule has 0 radical (unpaired) electrons. The van der Waals surface area contributed by atoms with Crippen molar-refractivity contribution in [2.75, 3.05) is 7.11 Å². The Balaban J connectivity index is 3.15. The zero-order chi connectivity index (χ0) is 12.2. The van der Waals surface area contributed by atoms with Crippen molar-refractivity contribution >= 4 is 0 Å². The van der Waals surface area contributed by atoms with Crippen LogP contribution < -0.4 is 4.74 Å². The molecule has 0 amide bonds. The molecule has 1 N–H and O–H groups in total. The molecule has 1 aromatic rings. The highest BCUT2D eigenvalue weighted by Gasteiger charge is 2.30. The molecular weight excluding hydrogens is 200 g/mol. The van der Waals surface area contributed by atoms with Crippen molar-refractivity contribution in [1.82, 2.24) is 0 Å². The van der Waals surface area contributed by atoms with Crippen LogP contribution in [0.4, 0.5) is 0 Å². The van der Waals surface area contributed by atoms with Gasteiger partial charge >= 0.3 is 0 Å². The van der Waals surface area contributed by atoms with Gasteiger partial charge in [-0.15, -0.1) is 5.92 Å². The van der Waals surface area contributed by atoms with Crippen LogP contribution in [0.2, 0.25) is 0 Å². The third-order valence-electron chi connectivity index (χ3n) is 2.68. The minimum atomic E-state index is -1.08. The van der Waals surface area contributed by atoms with Crippen LogP contribution in [0.25, 0.3) is 0 Å². The Hall–Kier alpha value is -1.46. The average Bonchev–Trinajstić information content (AvgIpc) is 2.29. The van der Waals surface area contributed by atoms with Gasteiger partial charge in [-0.25, -0.2) is 0 Å². The maximum Gasteiger partial charge on any atom is 0.153 e. The number of aliphatic hydroxyl groups is 1. The van der Waals surface area contributed by atoms with E-state index >= 15 is 0 Å². The van der Waals surface area contributed by atoms with Crippen molar-refractivity contribution in [1.29, 1.82) is 0 Å². The smallest absolute Gasteiger partial charge is 0.153 e. The first-order valence-electron chi connectivity index (χ1n) is 5.35. The minimum Gasteiger partial charge on any atom is -0.497 e. The lowest BCUT2D eigenvalue weighted by atomic mass is 9.84. The molecule has 0 heterocycles. The van der Waals surface area contributed by atoms with E-state index in [1.807, 2.05) is 38.1 Å². The SMILES string of the molecule is CC#CC(O)(c1ccc(OC)cc1)C(C)C. The molecule has 0 aromatic heterocycles. The van der Waals surface area contributed by atoms with Crippen molar-refractivity contribution in [3.05, 3.63) is 29.8 Å². The number of hydrogen-bond donors (Lipinski definition) is 1. The molecule has 0 aliphatic heterocycles. The van der Waals surface area contributed by atoms with E-state index in [2.05, 4.69) is 11.8 Å². The number of benzene rings is 1. The lowest BCUT2D eigenvalue weighted by molar-refractivity contribution is 0.0503. The van der Waals surface area contributed by atoms with Gasteiger partial charge in [0, 0.05) is 0 Å². The van der Waals surface area contributed by atoms with Gasteiger partial charge in [0.25, 0.3) is 0 Å². The Morgan fingerprint density at radius 2 is 1.81 bits per heavy atom. The highest BCUT2D eigenvalue weighted by atomic mass is 16.5. The molecule has 16 heavy (non-hydrogen) atoms. The normalized spacial score (nSPS) is 13.9. The summed E-state index contributed by atoms with van der Waals surface area (Å²) in [5, 5.41) is 10.5. The molecule has 1 atom stereocenters. The van der Waals surface area contributed by atoms with Crippen LogP contribution in [0.15, 0.2) is 24.3 Å². The van der Waals surface area contributed by atoms with E-state index in [1.54, 1.807) is 14.0 Å². The quantitative estimate of drug-likeness (QED) is 0.790. The Kier molecular flexibility index (Phi) is 3.98. The van der Waals surface area contributed by atoms with Crippen molar-refractivity contribution in [2.24, 2.45) is 5.92 Å². The molecule has 0 fully saturated rings. The molecule has 2 nitrogen and oxygen atoms in total. The molecule has 2 heteroatoms. The standard InChI is InChI=1S/C14H18O2/c1-5-10-14(15,11(2)3)12-6-8-13(16-4)9-7-12/h6-9,11,15H,1-4H3. The topological polar surface area (TPSA) is 29.5 Å². The Bertz CT molecular complexity index is 395. The van der Waals surface area contributed by atoms with Crippen LogP contribution in [0.5, 0.6) is 5.75 Å². The first kappa shape index (κ1) is 12.6. The van der Waals surface area contributed by atoms with E-state index in [1.165, 1.54) is 0 Å². The fraction of sp³-hybridized carbons (Fsp3) is 0.429. The molecule has 0 saturated heterocycles. The van der Waals surface area contributed by atoms with E-state index in [4.69, 9.17) is 4.74 Å². The highest BCUT2D eigenvalue weighted by Crippen LogP contribution is 2.30. The maximum atomic E-state index is 10.5. The van der Waals surface area contributed by atoms with E-state index in [0.29, 0.717) is 0 Å². The van der Waals surface area contributed by atoms with Gasteiger partial charge in [-0.2, -0.15) is 0 Å². The first-order valence-corrected chi connectivity index (χ1v) is 5.35. The Morgan fingerprint density at radius 1 is 1.25 bits per heavy atom. The van der Waals surface area contributed by atoms with Crippen molar-refractivity contribution in [2.45, 2.75) is 26.4 Å². The summed E-state index contributed by atoms with van der Waals surface area (Å²) in [6.45, 7) is 5.64. The highest BCUT2D eigenvalue weighted by molar-refractivity contribution is 5.36. The summed E-state index contributed by atoms with van der Waals surface area (Å²) in [4.78, 5) is 0. The van der Waals surface area contributed by atoms with Gasteiger partial charge in [-0.1, -0.05) is 31.9 Å². The number of ether oxygens (including phenoxy) is 1. The monoisotopic (exact) mass is 218 g/mol. The summed E-state index contributed by atoms with van der Waals surface area (Å²) in [6, 6.07) is 7.37. The Labute approximate surface area is 97.3 Å². The third-order valence-corrected chi connectivity index (χ3v) is 2.68. The molecule has 1 unspecified atom stereocenters. The van der Waals surface area contributed by atoms with Crippen LogP contribution in [0, 0.1) is 17.8 Å². The van der Waals surface area contributed by atoms with E-state index in [9.17, 15) is 5.11 Å². The van der Waals surface area contributed by atoms with E-state index in [0.717, 1.165) is 11.3 Å². The molecular formula is C14H18O2. The van der Waals surface area contributed by atoms with Gasteiger partial charge in [0.05, 0.1) is 7.11 Å². The molecule has 0 bridgehead atoms.